The maximum atomic E-state index is 5.88. The maximum absolute atomic E-state index is 5.88. The molecule has 13 heavy (non-hydrogen) atoms. The van der Waals surface area contributed by atoms with Gasteiger partial charge < -0.3 is 15.4 Å². The number of ether oxygens (including phenoxy) is 1. The quantitative estimate of drug-likeness (QED) is 0.663. The Bertz CT molecular complexity index is 148. The monoisotopic (exact) mass is 186 g/mol. The largest absolute Gasteiger partial charge is 0.383 e. The van der Waals surface area contributed by atoms with Crippen molar-refractivity contribution in [3.05, 3.63) is 0 Å². The molecule has 0 aromatic rings. The number of rotatable bonds is 6. The van der Waals surface area contributed by atoms with Crippen LogP contribution in [-0.4, -0.2) is 44.3 Å². The van der Waals surface area contributed by atoms with Gasteiger partial charge in [0, 0.05) is 25.7 Å². The molecule has 2 atom stereocenters. The first kappa shape index (κ1) is 11.0. The predicted molar refractivity (Wildman–Crippen MR) is 54.7 cm³/mol. The van der Waals surface area contributed by atoms with Crippen molar-refractivity contribution in [3.8, 4) is 0 Å². The van der Waals surface area contributed by atoms with Gasteiger partial charge in [-0.1, -0.05) is 0 Å². The third-order valence-corrected chi connectivity index (χ3v) is 2.90. The molecule has 0 heterocycles. The van der Waals surface area contributed by atoms with Crippen molar-refractivity contribution in [1.29, 1.82) is 0 Å². The van der Waals surface area contributed by atoms with Crippen LogP contribution in [0.2, 0.25) is 0 Å². The highest BCUT2D eigenvalue weighted by atomic mass is 16.5. The van der Waals surface area contributed by atoms with E-state index in [2.05, 4.69) is 18.9 Å². The van der Waals surface area contributed by atoms with Gasteiger partial charge in [-0.15, -0.1) is 0 Å². The van der Waals surface area contributed by atoms with Gasteiger partial charge in [0.2, 0.25) is 0 Å². The van der Waals surface area contributed by atoms with Crippen LogP contribution in [0.1, 0.15) is 19.8 Å². The van der Waals surface area contributed by atoms with E-state index >= 15 is 0 Å². The molecule has 0 saturated heterocycles. The summed E-state index contributed by atoms with van der Waals surface area (Å²) in [6.07, 6.45) is 2.79. The second-order valence-corrected chi connectivity index (χ2v) is 4.23. The highest BCUT2D eigenvalue weighted by molar-refractivity contribution is 4.85. The highest BCUT2D eigenvalue weighted by Gasteiger charge is 2.30. The first-order valence-electron chi connectivity index (χ1n) is 5.10. The van der Waals surface area contributed by atoms with Gasteiger partial charge in [-0.25, -0.2) is 0 Å². The van der Waals surface area contributed by atoms with Crippen LogP contribution in [-0.2, 0) is 4.74 Å². The van der Waals surface area contributed by atoms with E-state index in [1.807, 2.05) is 0 Å². The van der Waals surface area contributed by atoms with Crippen LogP contribution >= 0.6 is 0 Å². The third kappa shape index (κ3) is 3.63. The summed E-state index contributed by atoms with van der Waals surface area (Å²) in [5, 5.41) is 0. The summed E-state index contributed by atoms with van der Waals surface area (Å²) in [5.74, 6) is 0.916. The van der Waals surface area contributed by atoms with Crippen molar-refractivity contribution in [3.63, 3.8) is 0 Å². The van der Waals surface area contributed by atoms with Crippen molar-refractivity contribution >= 4 is 0 Å². The lowest BCUT2D eigenvalue weighted by Gasteiger charge is -2.27. The molecule has 0 aromatic heterocycles. The molecule has 0 aromatic carbocycles. The van der Waals surface area contributed by atoms with E-state index in [0.29, 0.717) is 12.6 Å². The van der Waals surface area contributed by atoms with E-state index in [9.17, 15) is 0 Å². The Hall–Kier alpha value is -0.120. The molecule has 1 fully saturated rings. The minimum absolute atomic E-state index is 0.149. The van der Waals surface area contributed by atoms with E-state index < -0.39 is 0 Å². The van der Waals surface area contributed by atoms with Crippen LogP contribution in [0.4, 0.5) is 0 Å². The molecule has 1 saturated carbocycles. The van der Waals surface area contributed by atoms with Crippen molar-refractivity contribution in [2.75, 3.05) is 27.3 Å². The summed E-state index contributed by atoms with van der Waals surface area (Å²) in [4.78, 5) is 2.35. The fraction of sp³-hybridized carbons (Fsp3) is 1.00. The summed E-state index contributed by atoms with van der Waals surface area (Å²) >= 11 is 0. The Kier molecular flexibility index (Phi) is 4.16. The van der Waals surface area contributed by atoms with Crippen LogP contribution in [0.25, 0.3) is 0 Å². The molecule has 1 aliphatic carbocycles. The SMILES string of the molecule is COCC(N)CN(C)C(C)C1CC1. The molecule has 0 aliphatic heterocycles. The molecule has 2 N–H and O–H groups in total. The molecule has 0 bridgehead atoms. The Morgan fingerprint density at radius 1 is 1.54 bits per heavy atom. The molecule has 1 aliphatic rings. The van der Waals surface area contributed by atoms with Crippen LogP contribution in [0.5, 0.6) is 0 Å². The summed E-state index contributed by atoms with van der Waals surface area (Å²) in [6, 6.07) is 0.833. The fourth-order valence-electron chi connectivity index (χ4n) is 1.74. The zero-order valence-electron chi connectivity index (χ0n) is 8.99. The second kappa shape index (κ2) is 4.94. The number of likely N-dealkylation sites (N-methyl/N-ethyl adjacent to an activating group) is 1. The maximum Gasteiger partial charge on any atom is 0.0626 e. The van der Waals surface area contributed by atoms with E-state index in [1.54, 1.807) is 7.11 Å². The zero-order chi connectivity index (χ0) is 9.84. The van der Waals surface area contributed by atoms with E-state index in [-0.39, 0.29) is 6.04 Å². The number of hydrogen-bond donors (Lipinski definition) is 1. The van der Waals surface area contributed by atoms with Crippen LogP contribution in [0.15, 0.2) is 0 Å². The Morgan fingerprint density at radius 2 is 2.15 bits per heavy atom. The summed E-state index contributed by atoms with van der Waals surface area (Å²) < 4.78 is 5.01. The van der Waals surface area contributed by atoms with E-state index in [4.69, 9.17) is 10.5 Å². The third-order valence-electron chi connectivity index (χ3n) is 2.90. The lowest BCUT2D eigenvalue weighted by Crippen LogP contribution is -2.42. The first-order valence-corrected chi connectivity index (χ1v) is 5.10. The molecule has 78 valence electrons. The lowest BCUT2D eigenvalue weighted by atomic mass is 10.2. The molecular weight excluding hydrogens is 164 g/mol. The van der Waals surface area contributed by atoms with E-state index in [1.165, 1.54) is 12.8 Å². The molecule has 3 nitrogen and oxygen atoms in total. The van der Waals surface area contributed by atoms with Gasteiger partial charge in [0.15, 0.2) is 0 Å². The molecule has 0 spiro atoms. The Morgan fingerprint density at radius 3 is 2.62 bits per heavy atom. The first-order chi connectivity index (χ1) is 6.15. The summed E-state index contributed by atoms with van der Waals surface area (Å²) in [5.41, 5.74) is 5.88. The smallest absolute Gasteiger partial charge is 0.0626 e. The Labute approximate surface area is 81.2 Å². The van der Waals surface area contributed by atoms with Gasteiger partial charge in [0.1, 0.15) is 0 Å². The van der Waals surface area contributed by atoms with Crippen molar-refractivity contribution in [2.45, 2.75) is 31.8 Å². The van der Waals surface area contributed by atoms with Gasteiger partial charge in [0.05, 0.1) is 6.61 Å². The van der Waals surface area contributed by atoms with Crippen LogP contribution in [0, 0.1) is 5.92 Å². The standard InChI is InChI=1S/C10H22N2O/c1-8(9-4-5-9)12(2)6-10(11)7-13-3/h8-10H,4-7,11H2,1-3H3. The lowest BCUT2D eigenvalue weighted by molar-refractivity contribution is 0.145. The van der Waals surface area contributed by atoms with E-state index in [0.717, 1.165) is 12.5 Å². The fourth-order valence-corrected chi connectivity index (χ4v) is 1.74. The number of nitrogens with zero attached hydrogens (tertiary/aromatic N) is 1. The average Bonchev–Trinajstić information content (AvgIpc) is 2.85. The molecule has 0 radical (unpaired) electrons. The van der Waals surface area contributed by atoms with Crippen molar-refractivity contribution in [2.24, 2.45) is 11.7 Å². The number of methoxy groups -OCH3 is 1. The zero-order valence-corrected chi connectivity index (χ0v) is 8.99. The molecule has 3 heteroatoms. The molecular formula is C10H22N2O. The average molecular weight is 186 g/mol. The van der Waals surface area contributed by atoms with Gasteiger partial charge in [-0.3, -0.25) is 0 Å². The molecule has 1 rings (SSSR count). The van der Waals surface area contributed by atoms with Gasteiger partial charge in [-0.2, -0.15) is 0 Å². The van der Waals surface area contributed by atoms with Gasteiger partial charge in [-0.05, 0) is 32.7 Å². The van der Waals surface area contributed by atoms with Crippen LogP contribution < -0.4 is 5.73 Å². The Balaban J connectivity index is 2.18. The number of hydrogen-bond acceptors (Lipinski definition) is 3. The van der Waals surface area contributed by atoms with Crippen molar-refractivity contribution < 1.29 is 4.74 Å². The molecule has 2 unspecified atom stereocenters. The normalized spacial score (nSPS) is 21.9. The van der Waals surface area contributed by atoms with Gasteiger partial charge in [0.25, 0.3) is 0 Å². The minimum atomic E-state index is 0.149. The topological polar surface area (TPSA) is 38.5 Å². The minimum Gasteiger partial charge on any atom is -0.383 e. The van der Waals surface area contributed by atoms with Crippen molar-refractivity contribution in [1.82, 2.24) is 4.90 Å². The molecule has 0 amide bonds. The summed E-state index contributed by atoms with van der Waals surface area (Å²) in [7, 11) is 3.85. The summed E-state index contributed by atoms with van der Waals surface area (Å²) in [6.45, 7) is 3.88. The number of nitrogens with two attached hydrogens (primary N) is 1. The second-order valence-electron chi connectivity index (χ2n) is 4.23. The van der Waals surface area contributed by atoms with Gasteiger partial charge >= 0.3 is 0 Å². The predicted octanol–water partition coefficient (Wildman–Crippen LogP) is 0.690. The van der Waals surface area contributed by atoms with Crippen LogP contribution in [0.3, 0.4) is 0 Å². The highest BCUT2D eigenvalue weighted by Crippen LogP contribution is 2.34.